The van der Waals surface area contributed by atoms with Gasteiger partial charge in [0.25, 0.3) is 11.1 Å². The molecule has 3 amide bonds. The van der Waals surface area contributed by atoms with Crippen LogP contribution in [0.2, 0.25) is 0 Å². The summed E-state index contributed by atoms with van der Waals surface area (Å²) in [7, 11) is 1.55. The average molecular weight is 437 g/mol. The summed E-state index contributed by atoms with van der Waals surface area (Å²) in [4.78, 5) is 49.3. The zero-order chi connectivity index (χ0) is 21.1. The van der Waals surface area contributed by atoms with Crippen molar-refractivity contribution in [2.24, 2.45) is 0 Å². The Labute approximate surface area is 175 Å². The van der Waals surface area contributed by atoms with Gasteiger partial charge in [0.1, 0.15) is 17.2 Å². The van der Waals surface area contributed by atoms with Gasteiger partial charge < -0.3 is 20.5 Å². The van der Waals surface area contributed by atoms with Crippen molar-refractivity contribution in [3.63, 3.8) is 0 Å². The van der Waals surface area contributed by atoms with Crippen molar-refractivity contribution in [1.82, 2.24) is 15.5 Å². The monoisotopic (exact) mass is 437 g/mol. The van der Waals surface area contributed by atoms with E-state index < -0.39 is 28.5 Å². The maximum Gasteiger partial charge on any atom is 0.354 e. The van der Waals surface area contributed by atoms with Gasteiger partial charge in [-0.25, -0.2) is 4.79 Å². The molecule has 154 valence electrons. The van der Waals surface area contributed by atoms with Crippen molar-refractivity contribution < 1.29 is 29.0 Å². The summed E-state index contributed by atoms with van der Waals surface area (Å²) in [6.45, 7) is 0. The maximum absolute atomic E-state index is 12.5. The second-order valence-electron chi connectivity index (χ2n) is 6.23. The molecule has 1 fully saturated rings. The van der Waals surface area contributed by atoms with Crippen LogP contribution >= 0.6 is 23.5 Å². The van der Waals surface area contributed by atoms with E-state index in [9.17, 15) is 24.3 Å². The van der Waals surface area contributed by atoms with Crippen LogP contribution in [-0.2, 0) is 20.8 Å². The lowest BCUT2D eigenvalue weighted by Gasteiger charge is -2.49. The Morgan fingerprint density at radius 1 is 1.31 bits per heavy atom. The van der Waals surface area contributed by atoms with E-state index in [1.807, 2.05) is 0 Å². The van der Waals surface area contributed by atoms with Gasteiger partial charge in [-0.05, 0) is 24.0 Å². The van der Waals surface area contributed by atoms with E-state index in [-0.39, 0.29) is 29.5 Å². The third kappa shape index (κ3) is 4.35. The van der Waals surface area contributed by atoms with E-state index in [1.165, 1.54) is 11.8 Å². The van der Waals surface area contributed by atoms with E-state index >= 15 is 0 Å². The number of carboxylic acids is 1. The number of nitrogens with zero attached hydrogens (tertiary/aromatic N) is 1. The minimum Gasteiger partial charge on any atom is -0.497 e. The van der Waals surface area contributed by atoms with Crippen LogP contribution in [0.3, 0.4) is 0 Å². The molecular weight excluding hydrogens is 418 g/mol. The summed E-state index contributed by atoms with van der Waals surface area (Å²) >= 11 is 2.20. The molecule has 0 spiro atoms. The Morgan fingerprint density at radius 3 is 2.59 bits per heavy atom. The van der Waals surface area contributed by atoms with Gasteiger partial charge in [0, 0.05) is 5.75 Å². The lowest BCUT2D eigenvalue weighted by Crippen LogP contribution is -2.71. The lowest BCUT2D eigenvalue weighted by molar-refractivity contribution is -0.150. The molecule has 0 radical (unpaired) electrons. The summed E-state index contributed by atoms with van der Waals surface area (Å²) in [5.74, 6) is -1.26. The molecular formula is C18H19N3O6S2. The van der Waals surface area contributed by atoms with E-state index in [0.29, 0.717) is 5.75 Å². The number of fused-ring (bicyclic) bond motifs is 1. The molecule has 0 saturated carbocycles. The number of methoxy groups -OCH3 is 1. The topological polar surface area (TPSA) is 125 Å². The summed E-state index contributed by atoms with van der Waals surface area (Å²) in [5.41, 5.74) is 0.688. The molecule has 2 heterocycles. The van der Waals surface area contributed by atoms with Crippen molar-refractivity contribution in [3.8, 4) is 5.75 Å². The molecule has 1 saturated heterocycles. The number of hydrogen-bond acceptors (Lipinski definition) is 7. The largest absolute Gasteiger partial charge is 0.497 e. The Balaban J connectivity index is 1.67. The highest BCUT2D eigenvalue weighted by atomic mass is 32.2. The van der Waals surface area contributed by atoms with Crippen molar-refractivity contribution in [1.29, 1.82) is 0 Å². The van der Waals surface area contributed by atoms with Gasteiger partial charge in [0.2, 0.25) is 5.91 Å². The molecule has 0 aliphatic carbocycles. The highest BCUT2D eigenvalue weighted by Gasteiger charge is 2.54. The number of aliphatic carboxylic acids is 1. The van der Waals surface area contributed by atoms with Gasteiger partial charge in [-0.2, -0.15) is 0 Å². The summed E-state index contributed by atoms with van der Waals surface area (Å²) in [6, 6.07) is 6.19. The molecule has 2 aliphatic rings. The number of β-lactam (4-membered cyclic amide) rings is 1. The molecule has 2 atom stereocenters. The summed E-state index contributed by atoms with van der Waals surface area (Å²) < 4.78 is 5.07. The van der Waals surface area contributed by atoms with Crippen LogP contribution in [0.1, 0.15) is 5.56 Å². The number of amides is 3. The van der Waals surface area contributed by atoms with Crippen LogP contribution in [0, 0.1) is 0 Å². The Hall–Kier alpha value is -2.66. The van der Waals surface area contributed by atoms with Gasteiger partial charge in [0.05, 0.1) is 19.2 Å². The molecule has 29 heavy (non-hydrogen) atoms. The van der Waals surface area contributed by atoms with Gasteiger partial charge in [0.15, 0.2) is 5.70 Å². The first-order valence-electron chi connectivity index (χ1n) is 8.54. The van der Waals surface area contributed by atoms with Crippen LogP contribution in [0.5, 0.6) is 5.75 Å². The predicted octanol–water partition coefficient (Wildman–Crippen LogP) is 1.01. The number of rotatable bonds is 6. The van der Waals surface area contributed by atoms with Crippen LogP contribution in [0.25, 0.3) is 0 Å². The van der Waals surface area contributed by atoms with Gasteiger partial charge >= 0.3 is 5.97 Å². The first-order valence-corrected chi connectivity index (χ1v) is 10.8. The molecule has 3 rings (SSSR count). The maximum atomic E-state index is 12.5. The van der Waals surface area contributed by atoms with Crippen LogP contribution in [-0.4, -0.2) is 63.6 Å². The SMILES string of the molecule is COc1ccc(CC(=O)NC2C(=O)N3C(C(=O)O)=C(NC(=O)SC)CS[C@@H]23)cc1. The standard InChI is InChI=1S/C18H19N3O6S2/c1-27-10-5-3-9(4-6-10)7-12(22)20-13-15(23)21-14(17(24)25)11(8-29-16(13)21)19-18(26)28-2/h3-6,13,16H,7-8H2,1-2H3,(H,19,26)(H,20,22)(H,24,25)/t13?,16-/m0/s1. The van der Waals surface area contributed by atoms with Gasteiger partial charge in [-0.3, -0.25) is 19.3 Å². The number of hydrogen-bond donors (Lipinski definition) is 3. The van der Waals surface area contributed by atoms with E-state index in [2.05, 4.69) is 10.6 Å². The molecule has 11 heteroatoms. The van der Waals surface area contributed by atoms with Crippen LogP contribution < -0.4 is 15.4 Å². The van der Waals surface area contributed by atoms with Crippen molar-refractivity contribution >= 4 is 46.5 Å². The number of benzene rings is 1. The molecule has 3 N–H and O–H groups in total. The number of ether oxygens (including phenoxy) is 1. The fourth-order valence-corrected chi connectivity index (χ4v) is 4.55. The lowest BCUT2D eigenvalue weighted by atomic mass is 10.0. The first-order chi connectivity index (χ1) is 13.8. The molecule has 2 aliphatic heterocycles. The minimum absolute atomic E-state index is 0.0851. The number of carbonyl (C=O) groups excluding carboxylic acids is 3. The third-order valence-electron chi connectivity index (χ3n) is 4.45. The van der Waals surface area contributed by atoms with Crippen molar-refractivity contribution in [2.75, 3.05) is 19.1 Å². The number of carbonyl (C=O) groups is 4. The van der Waals surface area contributed by atoms with Crippen molar-refractivity contribution in [2.45, 2.75) is 17.8 Å². The molecule has 9 nitrogen and oxygen atoms in total. The molecule has 1 unspecified atom stereocenters. The Bertz CT molecular complexity index is 886. The van der Waals surface area contributed by atoms with E-state index in [0.717, 1.165) is 22.2 Å². The zero-order valence-corrected chi connectivity index (χ0v) is 17.3. The number of carboxylic acid groups (broad SMARTS) is 1. The van der Waals surface area contributed by atoms with Crippen LogP contribution in [0.15, 0.2) is 35.7 Å². The average Bonchev–Trinajstić information content (AvgIpc) is 2.71. The van der Waals surface area contributed by atoms with E-state index in [1.54, 1.807) is 37.6 Å². The fraction of sp³-hybridized carbons (Fsp3) is 0.333. The quantitative estimate of drug-likeness (QED) is 0.563. The predicted molar refractivity (Wildman–Crippen MR) is 108 cm³/mol. The molecule has 0 bridgehead atoms. The van der Waals surface area contributed by atoms with E-state index in [4.69, 9.17) is 4.74 Å². The van der Waals surface area contributed by atoms with Crippen molar-refractivity contribution in [3.05, 3.63) is 41.2 Å². The fourth-order valence-electron chi connectivity index (χ4n) is 3.04. The smallest absolute Gasteiger partial charge is 0.354 e. The van der Waals surface area contributed by atoms with Gasteiger partial charge in [-0.1, -0.05) is 23.9 Å². The normalized spacial score (nSPS) is 20.5. The third-order valence-corrected chi connectivity index (χ3v) is 6.20. The first kappa shape index (κ1) is 21.1. The minimum atomic E-state index is -1.30. The van der Waals surface area contributed by atoms with Gasteiger partial charge in [-0.15, -0.1) is 11.8 Å². The molecule has 0 aromatic heterocycles. The second kappa shape index (κ2) is 8.78. The second-order valence-corrected chi connectivity index (χ2v) is 8.11. The van der Waals surface area contributed by atoms with Crippen LogP contribution in [0.4, 0.5) is 4.79 Å². The molecule has 1 aromatic carbocycles. The highest BCUT2D eigenvalue weighted by Crippen LogP contribution is 2.39. The number of nitrogens with one attached hydrogen (secondary N) is 2. The molecule has 1 aromatic rings. The number of thioether (sulfide) groups is 2. The Kier molecular flexibility index (Phi) is 6.38. The summed E-state index contributed by atoms with van der Waals surface area (Å²) in [5, 5.41) is 13.8. The summed E-state index contributed by atoms with van der Waals surface area (Å²) in [6.07, 6.45) is 1.65. The Morgan fingerprint density at radius 2 is 2.00 bits per heavy atom. The zero-order valence-electron chi connectivity index (χ0n) is 15.6. The highest BCUT2D eigenvalue weighted by molar-refractivity contribution is 8.13.